The van der Waals surface area contributed by atoms with E-state index in [2.05, 4.69) is 20.7 Å². The number of hydrogen-bond donors (Lipinski definition) is 2. The molecule has 0 saturated carbocycles. The first-order chi connectivity index (χ1) is 11.9. The number of hydrogen-bond acceptors (Lipinski definition) is 4. The van der Waals surface area contributed by atoms with Gasteiger partial charge in [-0.2, -0.15) is 0 Å². The SMILES string of the molecule is O=C(O)C(Cc1ccccc1)SCCNS(=O)(=O)c1ccc(Br)cc1. The second-order valence-electron chi connectivity index (χ2n) is 5.24. The molecule has 0 aliphatic carbocycles. The molecule has 2 N–H and O–H groups in total. The van der Waals surface area contributed by atoms with Crippen molar-refractivity contribution in [1.29, 1.82) is 0 Å². The lowest BCUT2D eigenvalue weighted by Crippen LogP contribution is -2.28. The summed E-state index contributed by atoms with van der Waals surface area (Å²) in [6, 6.07) is 15.7. The molecule has 0 saturated heterocycles. The first kappa shape index (κ1) is 20.0. The maximum Gasteiger partial charge on any atom is 0.316 e. The fourth-order valence-electron chi connectivity index (χ4n) is 2.12. The normalized spacial score (nSPS) is 12.7. The Labute approximate surface area is 160 Å². The molecule has 25 heavy (non-hydrogen) atoms. The predicted octanol–water partition coefficient (Wildman–Crippen LogP) is 3.16. The second kappa shape index (κ2) is 9.38. The van der Waals surface area contributed by atoms with Crippen molar-refractivity contribution in [2.24, 2.45) is 0 Å². The quantitative estimate of drug-likeness (QED) is 0.581. The first-order valence-electron chi connectivity index (χ1n) is 7.52. The molecule has 0 amide bonds. The molecule has 0 radical (unpaired) electrons. The summed E-state index contributed by atoms with van der Waals surface area (Å²) in [7, 11) is -3.59. The van der Waals surface area contributed by atoms with Gasteiger partial charge in [0.05, 0.1) is 4.90 Å². The summed E-state index contributed by atoms with van der Waals surface area (Å²) in [5, 5.41) is 8.72. The maximum atomic E-state index is 12.2. The minimum Gasteiger partial charge on any atom is -0.480 e. The number of benzene rings is 2. The van der Waals surface area contributed by atoms with Crippen molar-refractivity contribution in [3.8, 4) is 0 Å². The maximum absolute atomic E-state index is 12.2. The molecule has 0 aliphatic heterocycles. The molecule has 8 heteroatoms. The van der Waals surface area contributed by atoms with E-state index < -0.39 is 21.2 Å². The van der Waals surface area contributed by atoms with Gasteiger partial charge >= 0.3 is 5.97 Å². The summed E-state index contributed by atoms with van der Waals surface area (Å²) < 4.78 is 27.6. The van der Waals surface area contributed by atoms with Gasteiger partial charge in [-0.05, 0) is 36.2 Å². The van der Waals surface area contributed by atoms with Gasteiger partial charge in [0.25, 0.3) is 0 Å². The minimum absolute atomic E-state index is 0.168. The van der Waals surface area contributed by atoms with Crippen LogP contribution >= 0.6 is 27.7 Å². The third kappa shape index (κ3) is 6.47. The van der Waals surface area contributed by atoms with Crippen LogP contribution in [0.1, 0.15) is 5.56 Å². The van der Waals surface area contributed by atoms with Crippen LogP contribution in [-0.2, 0) is 21.2 Å². The van der Waals surface area contributed by atoms with Gasteiger partial charge < -0.3 is 5.11 Å². The zero-order valence-corrected chi connectivity index (χ0v) is 16.5. The van der Waals surface area contributed by atoms with Crippen LogP contribution < -0.4 is 4.72 Å². The predicted molar refractivity (Wildman–Crippen MR) is 103 cm³/mol. The molecule has 0 fully saturated rings. The number of halogens is 1. The summed E-state index contributed by atoms with van der Waals surface area (Å²) in [4.78, 5) is 11.6. The highest BCUT2D eigenvalue weighted by atomic mass is 79.9. The number of thioether (sulfide) groups is 1. The second-order valence-corrected chi connectivity index (χ2v) is 9.23. The van der Waals surface area contributed by atoms with Gasteiger partial charge in [0.1, 0.15) is 5.25 Å². The van der Waals surface area contributed by atoms with Gasteiger partial charge in [0, 0.05) is 16.8 Å². The smallest absolute Gasteiger partial charge is 0.316 e. The van der Waals surface area contributed by atoms with Crippen LogP contribution in [0.25, 0.3) is 0 Å². The van der Waals surface area contributed by atoms with Gasteiger partial charge in [0.15, 0.2) is 0 Å². The third-order valence-corrected chi connectivity index (χ3v) is 6.59. The third-order valence-electron chi connectivity index (χ3n) is 3.38. The molecule has 0 aliphatic rings. The summed E-state index contributed by atoms with van der Waals surface area (Å²) >= 11 is 4.49. The van der Waals surface area contributed by atoms with Crippen molar-refractivity contribution in [1.82, 2.24) is 4.72 Å². The van der Waals surface area contributed by atoms with Crippen molar-refractivity contribution < 1.29 is 18.3 Å². The Kier molecular flexibility index (Phi) is 7.49. The monoisotopic (exact) mass is 443 g/mol. The molecule has 0 bridgehead atoms. The largest absolute Gasteiger partial charge is 0.480 e. The van der Waals surface area contributed by atoms with Crippen molar-refractivity contribution >= 4 is 43.7 Å². The van der Waals surface area contributed by atoms with Crippen LogP contribution in [0.5, 0.6) is 0 Å². The number of rotatable bonds is 9. The van der Waals surface area contributed by atoms with Gasteiger partial charge in [-0.25, -0.2) is 13.1 Å². The molecule has 2 rings (SSSR count). The van der Waals surface area contributed by atoms with Crippen LogP contribution in [0.3, 0.4) is 0 Å². The standard InChI is InChI=1S/C17H18BrNO4S2/c18-14-6-8-15(9-7-14)25(22,23)19-10-11-24-16(17(20)21)12-13-4-2-1-3-5-13/h1-9,16,19H,10-12H2,(H,20,21). The lowest BCUT2D eigenvalue weighted by atomic mass is 10.1. The van der Waals surface area contributed by atoms with Crippen molar-refractivity contribution in [3.05, 3.63) is 64.6 Å². The van der Waals surface area contributed by atoms with Gasteiger partial charge in [-0.3, -0.25) is 4.79 Å². The fourth-order valence-corrected chi connectivity index (χ4v) is 4.50. The van der Waals surface area contributed by atoms with E-state index in [-0.39, 0.29) is 11.4 Å². The minimum atomic E-state index is -3.59. The first-order valence-corrected chi connectivity index (χ1v) is 10.8. The Morgan fingerprint density at radius 2 is 1.76 bits per heavy atom. The van der Waals surface area contributed by atoms with Crippen LogP contribution in [0.2, 0.25) is 0 Å². The van der Waals surface area contributed by atoms with Crippen LogP contribution in [0.4, 0.5) is 0 Å². The molecule has 1 unspecified atom stereocenters. The van der Waals surface area contributed by atoms with E-state index in [0.29, 0.717) is 12.2 Å². The van der Waals surface area contributed by atoms with Gasteiger partial charge in [0.2, 0.25) is 10.0 Å². The van der Waals surface area contributed by atoms with E-state index in [9.17, 15) is 18.3 Å². The molecule has 2 aromatic rings. The molecular weight excluding hydrogens is 426 g/mol. The van der Waals surface area contributed by atoms with E-state index >= 15 is 0 Å². The summed E-state index contributed by atoms with van der Waals surface area (Å²) in [5.41, 5.74) is 0.942. The van der Waals surface area contributed by atoms with E-state index in [1.807, 2.05) is 30.3 Å². The van der Waals surface area contributed by atoms with Crippen molar-refractivity contribution in [3.63, 3.8) is 0 Å². The number of carboxylic acid groups (broad SMARTS) is 1. The number of carbonyl (C=O) groups is 1. The summed E-state index contributed by atoms with van der Waals surface area (Å²) in [6.45, 7) is 0.168. The number of nitrogens with one attached hydrogen (secondary N) is 1. The zero-order valence-electron chi connectivity index (χ0n) is 13.3. The lowest BCUT2D eigenvalue weighted by Gasteiger charge is -2.13. The Bertz CT molecular complexity index is 795. The topological polar surface area (TPSA) is 83.5 Å². The van der Waals surface area contributed by atoms with E-state index in [1.54, 1.807) is 12.1 Å². The Morgan fingerprint density at radius 1 is 1.12 bits per heavy atom. The van der Waals surface area contributed by atoms with Crippen LogP contribution in [-0.4, -0.2) is 37.0 Å². The van der Waals surface area contributed by atoms with Crippen molar-refractivity contribution in [2.75, 3.05) is 12.3 Å². The van der Waals surface area contributed by atoms with E-state index in [4.69, 9.17) is 0 Å². The average molecular weight is 444 g/mol. The Balaban J connectivity index is 1.85. The highest BCUT2D eigenvalue weighted by molar-refractivity contribution is 9.10. The van der Waals surface area contributed by atoms with Gasteiger partial charge in [-0.1, -0.05) is 46.3 Å². The van der Waals surface area contributed by atoms with Crippen LogP contribution in [0, 0.1) is 0 Å². The van der Waals surface area contributed by atoms with E-state index in [0.717, 1.165) is 10.0 Å². The van der Waals surface area contributed by atoms with Crippen molar-refractivity contribution in [2.45, 2.75) is 16.6 Å². The molecule has 2 aromatic carbocycles. The molecule has 5 nitrogen and oxygen atoms in total. The van der Waals surface area contributed by atoms with Crippen LogP contribution in [0.15, 0.2) is 64.0 Å². The molecular formula is C17H18BrNO4S2. The molecule has 1 atom stereocenters. The Morgan fingerprint density at radius 3 is 2.36 bits per heavy atom. The highest BCUT2D eigenvalue weighted by Crippen LogP contribution is 2.18. The van der Waals surface area contributed by atoms with Gasteiger partial charge in [-0.15, -0.1) is 11.8 Å². The number of aliphatic carboxylic acids is 1. The summed E-state index contributed by atoms with van der Waals surface area (Å²) in [6.07, 6.45) is 0.403. The Hall–Kier alpha value is -1.35. The number of sulfonamides is 1. The summed E-state index contributed by atoms with van der Waals surface area (Å²) in [5.74, 6) is -0.524. The average Bonchev–Trinajstić information content (AvgIpc) is 2.58. The highest BCUT2D eigenvalue weighted by Gasteiger charge is 2.19. The van der Waals surface area contributed by atoms with E-state index in [1.165, 1.54) is 23.9 Å². The molecule has 0 heterocycles. The number of carboxylic acids is 1. The molecule has 134 valence electrons. The zero-order chi connectivity index (χ0) is 18.3. The lowest BCUT2D eigenvalue weighted by molar-refractivity contribution is -0.136. The fraction of sp³-hybridized carbons (Fsp3) is 0.235. The molecule has 0 aromatic heterocycles. The molecule has 0 spiro atoms.